The van der Waals surface area contributed by atoms with E-state index in [1.54, 1.807) is 0 Å². The molecular formula is C14H27N3O. The monoisotopic (exact) mass is 253 g/mol. The Morgan fingerprint density at radius 2 is 2.00 bits per heavy atom. The van der Waals surface area contributed by atoms with Gasteiger partial charge < -0.3 is 10.6 Å². The summed E-state index contributed by atoms with van der Waals surface area (Å²) in [4.78, 5) is 14.2. The minimum Gasteiger partial charge on any atom is -0.351 e. The van der Waals surface area contributed by atoms with Gasteiger partial charge in [0.15, 0.2) is 0 Å². The fraction of sp³-hybridized carbons (Fsp3) is 0.929. The van der Waals surface area contributed by atoms with Gasteiger partial charge in [0, 0.05) is 18.6 Å². The van der Waals surface area contributed by atoms with Gasteiger partial charge in [0.2, 0.25) is 5.91 Å². The summed E-state index contributed by atoms with van der Waals surface area (Å²) >= 11 is 0. The lowest BCUT2D eigenvalue weighted by Crippen LogP contribution is -2.57. The molecule has 1 amide bonds. The van der Waals surface area contributed by atoms with Crippen molar-refractivity contribution in [1.29, 1.82) is 0 Å². The number of hydrogen-bond donors (Lipinski definition) is 2. The number of nitrogens with one attached hydrogen (secondary N) is 2. The molecule has 2 aliphatic rings. The molecule has 1 aliphatic heterocycles. The predicted octanol–water partition coefficient (Wildman–Crippen LogP) is 1.12. The van der Waals surface area contributed by atoms with Crippen LogP contribution in [-0.2, 0) is 4.79 Å². The highest BCUT2D eigenvalue weighted by molar-refractivity contribution is 5.79. The van der Waals surface area contributed by atoms with Crippen LogP contribution in [0, 0.1) is 0 Å². The Morgan fingerprint density at radius 3 is 2.67 bits per heavy atom. The summed E-state index contributed by atoms with van der Waals surface area (Å²) in [5.74, 6) is 0.214. The molecule has 2 rings (SSSR count). The summed E-state index contributed by atoms with van der Waals surface area (Å²) in [5, 5.41) is 6.28. The molecule has 1 heterocycles. The lowest BCUT2D eigenvalue weighted by atomic mass is 10.0. The maximum atomic E-state index is 11.8. The highest BCUT2D eigenvalue weighted by Gasteiger charge is 2.29. The summed E-state index contributed by atoms with van der Waals surface area (Å²) in [6, 6.07) is 0.984. The lowest BCUT2D eigenvalue weighted by Gasteiger charge is -2.38. The molecule has 0 aromatic carbocycles. The smallest absolute Gasteiger partial charge is 0.234 e. The molecule has 0 spiro atoms. The lowest BCUT2D eigenvalue weighted by molar-refractivity contribution is -0.126. The Kier molecular flexibility index (Phi) is 5.45. The van der Waals surface area contributed by atoms with Crippen molar-refractivity contribution in [2.24, 2.45) is 0 Å². The van der Waals surface area contributed by atoms with Crippen LogP contribution in [0.5, 0.6) is 0 Å². The van der Waals surface area contributed by atoms with Crippen molar-refractivity contribution in [1.82, 2.24) is 15.5 Å². The molecule has 1 saturated carbocycles. The van der Waals surface area contributed by atoms with Crippen molar-refractivity contribution >= 4 is 5.91 Å². The van der Waals surface area contributed by atoms with Gasteiger partial charge >= 0.3 is 0 Å². The van der Waals surface area contributed by atoms with Crippen LogP contribution in [-0.4, -0.2) is 49.6 Å². The number of carbonyl (C=O) groups is 1. The Labute approximate surface area is 110 Å². The predicted molar refractivity (Wildman–Crippen MR) is 73.5 cm³/mol. The van der Waals surface area contributed by atoms with E-state index < -0.39 is 0 Å². The fourth-order valence-corrected chi connectivity index (χ4v) is 3.23. The molecular weight excluding hydrogens is 226 g/mol. The molecule has 2 fully saturated rings. The second-order valence-corrected chi connectivity index (χ2v) is 5.73. The van der Waals surface area contributed by atoms with Gasteiger partial charge in [0.1, 0.15) is 0 Å². The SMILES string of the molecule is CNCCC1CN(C2CCCCCC2)CC(=O)N1. The largest absolute Gasteiger partial charge is 0.351 e. The van der Waals surface area contributed by atoms with Gasteiger partial charge in [0.05, 0.1) is 6.54 Å². The molecule has 1 atom stereocenters. The van der Waals surface area contributed by atoms with E-state index in [4.69, 9.17) is 0 Å². The van der Waals surface area contributed by atoms with Crippen molar-refractivity contribution in [2.45, 2.75) is 57.0 Å². The first-order valence-corrected chi connectivity index (χ1v) is 7.47. The Balaban J connectivity index is 1.88. The number of piperazine rings is 1. The zero-order valence-electron chi connectivity index (χ0n) is 11.6. The quantitative estimate of drug-likeness (QED) is 0.738. The molecule has 0 aromatic rings. The average Bonchev–Trinajstić information content (AvgIpc) is 2.64. The van der Waals surface area contributed by atoms with Crippen LogP contribution in [0.3, 0.4) is 0 Å². The van der Waals surface area contributed by atoms with Gasteiger partial charge in [0.25, 0.3) is 0 Å². The molecule has 104 valence electrons. The van der Waals surface area contributed by atoms with Gasteiger partial charge in [-0.05, 0) is 32.9 Å². The second kappa shape index (κ2) is 7.10. The summed E-state index contributed by atoms with van der Waals surface area (Å²) in [7, 11) is 1.97. The number of rotatable bonds is 4. The first-order chi connectivity index (χ1) is 8.79. The minimum atomic E-state index is 0.214. The molecule has 0 bridgehead atoms. The van der Waals surface area contributed by atoms with Crippen LogP contribution >= 0.6 is 0 Å². The van der Waals surface area contributed by atoms with Crippen molar-refractivity contribution in [3.63, 3.8) is 0 Å². The normalized spacial score (nSPS) is 27.8. The Bertz CT molecular complexity index is 262. The van der Waals surface area contributed by atoms with Gasteiger partial charge in [-0.15, -0.1) is 0 Å². The molecule has 4 nitrogen and oxygen atoms in total. The van der Waals surface area contributed by atoms with E-state index in [9.17, 15) is 4.79 Å². The van der Waals surface area contributed by atoms with Gasteiger partial charge in [-0.2, -0.15) is 0 Å². The number of hydrogen-bond acceptors (Lipinski definition) is 3. The average molecular weight is 253 g/mol. The van der Waals surface area contributed by atoms with Crippen LogP contribution in [0.4, 0.5) is 0 Å². The van der Waals surface area contributed by atoms with E-state index in [2.05, 4.69) is 15.5 Å². The standard InChI is InChI=1S/C14H27N3O/c1-15-9-8-12-10-17(11-14(18)16-12)13-6-4-2-3-5-7-13/h12-13,15H,2-11H2,1H3,(H,16,18). The molecule has 1 saturated heterocycles. The van der Waals surface area contributed by atoms with E-state index in [1.807, 2.05) is 7.05 Å². The minimum absolute atomic E-state index is 0.214. The van der Waals surface area contributed by atoms with Crippen LogP contribution < -0.4 is 10.6 Å². The van der Waals surface area contributed by atoms with E-state index in [0.29, 0.717) is 18.6 Å². The Morgan fingerprint density at radius 1 is 1.28 bits per heavy atom. The van der Waals surface area contributed by atoms with E-state index in [-0.39, 0.29) is 5.91 Å². The van der Waals surface area contributed by atoms with E-state index in [1.165, 1.54) is 38.5 Å². The summed E-state index contributed by atoms with van der Waals surface area (Å²) in [6.07, 6.45) is 9.02. The number of carbonyl (C=O) groups excluding carboxylic acids is 1. The molecule has 0 aromatic heterocycles. The summed E-state index contributed by atoms with van der Waals surface area (Å²) in [6.45, 7) is 2.63. The topological polar surface area (TPSA) is 44.4 Å². The van der Waals surface area contributed by atoms with Crippen molar-refractivity contribution in [2.75, 3.05) is 26.7 Å². The van der Waals surface area contributed by atoms with E-state index >= 15 is 0 Å². The van der Waals surface area contributed by atoms with Gasteiger partial charge in [-0.1, -0.05) is 25.7 Å². The van der Waals surface area contributed by atoms with Gasteiger partial charge in [-0.25, -0.2) is 0 Å². The summed E-state index contributed by atoms with van der Waals surface area (Å²) < 4.78 is 0. The third-order valence-corrected chi connectivity index (χ3v) is 4.25. The fourth-order valence-electron chi connectivity index (χ4n) is 3.23. The van der Waals surface area contributed by atoms with Crippen molar-refractivity contribution in [3.05, 3.63) is 0 Å². The maximum Gasteiger partial charge on any atom is 0.234 e. The highest BCUT2D eigenvalue weighted by atomic mass is 16.2. The number of amides is 1. The molecule has 1 aliphatic carbocycles. The maximum absolute atomic E-state index is 11.8. The van der Waals surface area contributed by atoms with Crippen LogP contribution in [0.2, 0.25) is 0 Å². The van der Waals surface area contributed by atoms with Crippen molar-refractivity contribution in [3.8, 4) is 0 Å². The first-order valence-electron chi connectivity index (χ1n) is 7.47. The second-order valence-electron chi connectivity index (χ2n) is 5.73. The molecule has 4 heteroatoms. The highest BCUT2D eigenvalue weighted by Crippen LogP contribution is 2.23. The summed E-state index contributed by atoms with van der Waals surface area (Å²) in [5.41, 5.74) is 0. The van der Waals surface area contributed by atoms with Crippen LogP contribution in [0.25, 0.3) is 0 Å². The van der Waals surface area contributed by atoms with Gasteiger partial charge in [-0.3, -0.25) is 9.69 Å². The van der Waals surface area contributed by atoms with Crippen LogP contribution in [0.15, 0.2) is 0 Å². The third kappa shape index (κ3) is 3.95. The molecule has 2 N–H and O–H groups in total. The van der Waals surface area contributed by atoms with Crippen molar-refractivity contribution < 1.29 is 4.79 Å². The Hall–Kier alpha value is -0.610. The van der Waals surface area contributed by atoms with E-state index in [0.717, 1.165) is 19.5 Å². The molecule has 0 radical (unpaired) electrons. The molecule has 18 heavy (non-hydrogen) atoms. The van der Waals surface area contributed by atoms with Crippen LogP contribution in [0.1, 0.15) is 44.9 Å². The first kappa shape index (κ1) is 13.8. The zero-order chi connectivity index (χ0) is 12.8. The zero-order valence-corrected chi connectivity index (χ0v) is 11.6. The number of nitrogens with zero attached hydrogens (tertiary/aromatic N) is 1. The molecule has 1 unspecified atom stereocenters. The third-order valence-electron chi connectivity index (χ3n) is 4.25.